The van der Waals surface area contributed by atoms with Crippen molar-refractivity contribution in [2.45, 2.75) is 31.3 Å². The molecule has 0 atom stereocenters. The van der Waals surface area contributed by atoms with E-state index in [0.717, 1.165) is 16.8 Å². The Balaban J connectivity index is 1.64. The number of rotatable bonds is 9. The smallest absolute Gasteiger partial charge is 0.329 e. The van der Waals surface area contributed by atoms with Crippen molar-refractivity contribution in [3.8, 4) is 6.07 Å². The number of para-hydroxylation sites is 3. The van der Waals surface area contributed by atoms with Crippen LogP contribution in [0.1, 0.15) is 13.3 Å². The van der Waals surface area contributed by atoms with Crippen LogP contribution in [-0.4, -0.2) is 33.4 Å². The van der Waals surface area contributed by atoms with Crippen molar-refractivity contribution in [2.75, 3.05) is 17.7 Å². The van der Waals surface area contributed by atoms with Gasteiger partial charge in [-0.25, -0.2) is 4.79 Å². The molecule has 0 radical (unpaired) electrons. The van der Waals surface area contributed by atoms with Gasteiger partial charge in [-0.05, 0) is 30.7 Å². The lowest BCUT2D eigenvalue weighted by atomic mass is 10.3. The molecule has 0 bridgehead atoms. The van der Waals surface area contributed by atoms with Gasteiger partial charge in [0, 0.05) is 11.4 Å². The summed E-state index contributed by atoms with van der Waals surface area (Å²) in [7, 11) is 0. The highest BCUT2D eigenvalue weighted by molar-refractivity contribution is 7.99. The Hall–Kier alpha value is -3.51. The van der Waals surface area contributed by atoms with Crippen LogP contribution in [0.25, 0.3) is 11.0 Å². The SMILES string of the molecule is CCCn1c(=O)n(CC(=O)OCC(=O)Nc2ccccc2SCC#N)c2ccccc21. The summed E-state index contributed by atoms with van der Waals surface area (Å²) in [6, 6.07) is 16.4. The fourth-order valence-corrected chi connectivity index (χ4v) is 3.85. The Morgan fingerprint density at radius 1 is 1.10 bits per heavy atom. The van der Waals surface area contributed by atoms with Crippen molar-refractivity contribution in [3.63, 3.8) is 0 Å². The summed E-state index contributed by atoms with van der Waals surface area (Å²) in [5.41, 5.74) is 1.66. The number of hydrogen-bond acceptors (Lipinski definition) is 6. The summed E-state index contributed by atoms with van der Waals surface area (Å²) < 4.78 is 8.09. The zero-order chi connectivity index (χ0) is 22.2. The maximum Gasteiger partial charge on any atom is 0.329 e. The number of nitrogens with one attached hydrogen (secondary N) is 1. The molecule has 2 aromatic carbocycles. The molecular formula is C22H22N4O4S. The summed E-state index contributed by atoms with van der Waals surface area (Å²) in [6.45, 7) is 1.77. The number of hydrogen-bond donors (Lipinski definition) is 1. The number of aryl methyl sites for hydroxylation is 1. The van der Waals surface area contributed by atoms with Gasteiger partial charge in [0.1, 0.15) is 6.54 Å². The maximum absolute atomic E-state index is 12.7. The number of anilines is 1. The number of fused-ring (bicyclic) bond motifs is 1. The Morgan fingerprint density at radius 2 is 1.77 bits per heavy atom. The molecule has 0 unspecified atom stereocenters. The molecule has 0 aliphatic heterocycles. The zero-order valence-electron chi connectivity index (χ0n) is 17.0. The molecule has 8 nitrogen and oxygen atoms in total. The fraction of sp³-hybridized carbons (Fsp3) is 0.273. The molecule has 0 saturated heterocycles. The minimum absolute atomic E-state index is 0.252. The summed E-state index contributed by atoms with van der Waals surface area (Å²) >= 11 is 1.30. The lowest BCUT2D eigenvalue weighted by Crippen LogP contribution is -2.29. The molecule has 3 rings (SSSR count). The number of ether oxygens (including phenoxy) is 1. The first-order chi connectivity index (χ1) is 15.0. The summed E-state index contributed by atoms with van der Waals surface area (Å²) in [5.74, 6) is -0.926. The van der Waals surface area contributed by atoms with E-state index in [4.69, 9.17) is 10.00 Å². The summed E-state index contributed by atoms with van der Waals surface area (Å²) in [6.07, 6.45) is 0.784. The van der Waals surface area contributed by atoms with Crippen molar-refractivity contribution in [2.24, 2.45) is 0 Å². The third-order valence-corrected chi connectivity index (χ3v) is 5.42. The molecule has 1 heterocycles. The van der Waals surface area contributed by atoms with Crippen LogP contribution in [0.5, 0.6) is 0 Å². The van der Waals surface area contributed by atoms with Gasteiger partial charge in [-0.15, -0.1) is 11.8 Å². The van der Waals surface area contributed by atoms with Gasteiger partial charge >= 0.3 is 11.7 Å². The van der Waals surface area contributed by atoms with Crippen LogP contribution in [0.2, 0.25) is 0 Å². The van der Waals surface area contributed by atoms with Gasteiger partial charge in [0.2, 0.25) is 0 Å². The van der Waals surface area contributed by atoms with E-state index < -0.39 is 18.5 Å². The van der Waals surface area contributed by atoms with Crippen LogP contribution in [0.15, 0.2) is 58.2 Å². The lowest BCUT2D eigenvalue weighted by molar-refractivity contribution is -0.147. The molecule has 1 N–H and O–H groups in total. The van der Waals surface area contributed by atoms with E-state index >= 15 is 0 Å². The van der Waals surface area contributed by atoms with Gasteiger partial charge in [-0.1, -0.05) is 31.2 Å². The van der Waals surface area contributed by atoms with Gasteiger partial charge in [-0.2, -0.15) is 5.26 Å². The van der Waals surface area contributed by atoms with Crippen LogP contribution in [0.4, 0.5) is 5.69 Å². The van der Waals surface area contributed by atoms with Crippen LogP contribution in [0, 0.1) is 11.3 Å². The monoisotopic (exact) mass is 438 g/mol. The molecule has 1 amide bonds. The van der Waals surface area contributed by atoms with E-state index in [-0.39, 0.29) is 18.0 Å². The molecule has 31 heavy (non-hydrogen) atoms. The highest BCUT2D eigenvalue weighted by atomic mass is 32.2. The molecule has 1 aromatic heterocycles. The zero-order valence-corrected chi connectivity index (χ0v) is 17.9. The number of imidazole rings is 1. The minimum Gasteiger partial charge on any atom is -0.454 e. The van der Waals surface area contributed by atoms with Gasteiger partial charge < -0.3 is 10.1 Å². The lowest BCUT2D eigenvalue weighted by Gasteiger charge is -2.10. The van der Waals surface area contributed by atoms with E-state index in [2.05, 4.69) is 5.32 Å². The number of thioether (sulfide) groups is 1. The average Bonchev–Trinajstić information content (AvgIpc) is 3.03. The number of benzene rings is 2. The molecule has 3 aromatic rings. The van der Waals surface area contributed by atoms with E-state index in [9.17, 15) is 14.4 Å². The van der Waals surface area contributed by atoms with Crippen LogP contribution < -0.4 is 11.0 Å². The van der Waals surface area contributed by atoms with E-state index in [0.29, 0.717) is 17.7 Å². The van der Waals surface area contributed by atoms with Crippen LogP contribution in [0.3, 0.4) is 0 Å². The fourth-order valence-electron chi connectivity index (χ4n) is 3.18. The molecule has 0 saturated carbocycles. The Bertz CT molecular complexity index is 1190. The highest BCUT2D eigenvalue weighted by Crippen LogP contribution is 2.26. The first-order valence-electron chi connectivity index (χ1n) is 9.77. The highest BCUT2D eigenvalue weighted by Gasteiger charge is 2.16. The number of nitriles is 1. The Labute approximate surface area is 183 Å². The molecule has 0 aliphatic rings. The van der Waals surface area contributed by atoms with Gasteiger partial charge in [-0.3, -0.25) is 18.7 Å². The van der Waals surface area contributed by atoms with E-state index in [1.54, 1.807) is 34.9 Å². The normalized spacial score (nSPS) is 10.6. The maximum atomic E-state index is 12.7. The van der Waals surface area contributed by atoms with Gasteiger partial charge in [0.15, 0.2) is 6.61 Å². The molecule has 160 valence electrons. The number of carbonyl (C=O) groups excluding carboxylic acids is 2. The molecule has 0 aliphatic carbocycles. The quantitative estimate of drug-likeness (QED) is 0.407. The number of nitrogens with zero attached hydrogens (tertiary/aromatic N) is 3. The number of carbonyl (C=O) groups is 2. The first-order valence-corrected chi connectivity index (χ1v) is 10.8. The summed E-state index contributed by atoms with van der Waals surface area (Å²) in [5, 5.41) is 11.4. The predicted molar refractivity (Wildman–Crippen MR) is 119 cm³/mol. The third kappa shape index (κ3) is 5.35. The molecule has 0 fully saturated rings. The summed E-state index contributed by atoms with van der Waals surface area (Å²) in [4.78, 5) is 38.0. The van der Waals surface area contributed by atoms with E-state index in [1.807, 2.05) is 31.2 Å². The molecular weight excluding hydrogens is 416 g/mol. The van der Waals surface area contributed by atoms with Gasteiger partial charge in [0.25, 0.3) is 5.91 Å². The van der Waals surface area contributed by atoms with E-state index in [1.165, 1.54) is 16.3 Å². The third-order valence-electron chi connectivity index (χ3n) is 4.48. The van der Waals surface area contributed by atoms with Crippen molar-refractivity contribution >= 4 is 40.4 Å². The van der Waals surface area contributed by atoms with Crippen molar-refractivity contribution in [1.82, 2.24) is 9.13 Å². The topological polar surface area (TPSA) is 106 Å². The first kappa shape index (κ1) is 22.2. The van der Waals surface area contributed by atoms with Crippen molar-refractivity contribution < 1.29 is 14.3 Å². The van der Waals surface area contributed by atoms with Crippen LogP contribution >= 0.6 is 11.8 Å². The predicted octanol–water partition coefficient (Wildman–Crippen LogP) is 3.01. The second kappa shape index (κ2) is 10.5. The van der Waals surface area contributed by atoms with Gasteiger partial charge in [0.05, 0.1) is 28.5 Å². The van der Waals surface area contributed by atoms with Crippen LogP contribution in [-0.2, 0) is 27.4 Å². The standard InChI is InChI=1S/C22H22N4O4S/c1-2-12-25-17-8-4-5-9-18(17)26(22(25)29)14-21(28)30-15-20(27)24-16-7-3-6-10-19(16)31-13-11-23/h3-10H,2,12-15H2,1H3,(H,24,27). The second-order valence-electron chi connectivity index (χ2n) is 6.66. The second-order valence-corrected chi connectivity index (χ2v) is 7.68. The Kier molecular flexibility index (Phi) is 7.51. The molecule has 9 heteroatoms. The minimum atomic E-state index is -0.677. The average molecular weight is 439 g/mol. The van der Waals surface area contributed by atoms with Crippen molar-refractivity contribution in [3.05, 3.63) is 59.0 Å². The number of esters is 1. The number of amides is 1. The largest absolute Gasteiger partial charge is 0.454 e. The Morgan fingerprint density at radius 3 is 2.48 bits per heavy atom. The molecule has 0 spiro atoms. The van der Waals surface area contributed by atoms with Crippen molar-refractivity contribution in [1.29, 1.82) is 5.26 Å². The number of aromatic nitrogens is 2.